The number of carbonyl (C=O) groups is 1. The topological polar surface area (TPSA) is 77.8 Å². The lowest BCUT2D eigenvalue weighted by molar-refractivity contribution is 0.0697. The van der Waals surface area contributed by atoms with Crippen LogP contribution in [0.25, 0.3) is 0 Å². The molecular formula is C10H13NO4S. The van der Waals surface area contributed by atoms with Crippen LogP contribution in [0.3, 0.4) is 0 Å². The van der Waals surface area contributed by atoms with E-state index in [-0.39, 0.29) is 11.4 Å². The Labute approximate surface area is 96.0 Å². The molecule has 0 fully saturated rings. The molecule has 5 nitrogen and oxygen atoms in total. The van der Waals surface area contributed by atoms with Crippen molar-refractivity contribution in [1.82, 2.24) is 0 Å². The second-order valence-electron chi connectivity index (χ2n) is 3.47. The van der Waals surface area contributed by atoms with E-state index in [0.29, 0.717) is 5.69 Å². The summed E-state index contributed by atoms with van der Waals surface area (Å²) < 4.78 is 19.4. The van der Waals surface area contributed by atoms with Gasteiger partial charge in [0, 0.05) is 7.05 Å². The fraction of sp³-hybridized carbons (Fsp3) is 0.300. The van der Waals surface area contributed by atoms with Gasteiger partial charge in [0.1, 0.15) is 5.88 Å². The molecule has 0 aliphatic heterocycles. The van der Waals surface area contributed by atoms with Gasteiger partial charge in [-0.2, -0.15) is 0 Å². The SMILES string of the molecule is Cc1ccc(C(=O)O)c(N(C)CS(=O)O)c1. The van der Waals surface area contributed by atoms with Crippen LogP contribution < -0.4 is 4.90 Å². The highest BCUT2D eigenvalue weighted by Gasteiger charge is 2.14. The van der Waals surface area contributed by atoms with Crippen molar-refractivity contribution in [1.29, 1.82) is 0 Å². The van der Waals surface area contributed by atoms with Crippen molar-refractivity contribution in [2.75, 3.05) is 17.8 Å². The van der Waals surface area contributed by atoms with Crippen LogP contribution >= 0.6 is 0 Å². The van der Waals surface area contributed by atoms with E-state index >= 15 is 0 Å². The van der Waals surface area contributed by atoms with Crippen molar-refractivity contribution in [3.05, 3.63) is 29.3 Å². The summed E-state index contributed by atoms with van der Waals surface area (Å²) in [6.07, 6.45) is 0. The van der Waals surface area contributed by atoms with E-state index in [1.807, 2.05) is 6.92 Å². The van der Waals surface area contributed by atoms with E-state index in [1.165, 1.54) is 11.0 Å². The number of anilines is 1. The number of carboxylic acid groups (broad SMARTS) is 1. The van der Waals surface area contributed by atoms with Crippen LogP contribution in [-0.2, 0) is 11.1 Å². The van der Waals surface area contributed by atoms with Crippen molar-refractivity contribution in [2.45, 2.75) is 6.92 Å². The van der Waals surface area contributed by atoms with Crippen LogP contribution in [0.5, 0.6) is 0 Å². The van der Waals surface area contributed by atoms with Gasteiger partial charge in [-0.3, -0.25) is 0 Å². The van der Waals surface area contributed by atoms with Crippen molar-refractivity contribution < 1.29 is 18.7 Å². The minimum atomic E-state index is -1.99. The van der Waals surface area contributed by atoms with Gasteiger partial charge in [0.25, 0.3) is 0 Å². The fourth-order valence-corrected chi connectivity index (χ4v) is 1.84. The standard InChI is InChI=1S/C10H13NO4S/c1-7-3-4-8(10(12)13)9(5-7)11(2)6-16(14)15/h3-5H,6H2,1-2H3,(H,12,13)(H,14,15). The molecule has 16 heavy (non-hydrogen) atoms. The summed E-state index contributed by atoms with van der Waals surface area (Å²) in [6.45, 7) is 1.83. The average Bonchev–Trinajstić information content (AvgIpc) is 2.15. The predicted molar refractivity (Wildman–Crippen MR) is 62.2 cm³/mol. The molecule has 0 radical (unpaired) electrons. The normalized spacial score (nSPS) is 12.2. The quantitative estimate of drug-likeness (QED) is 0.779. The zero-order valence-electron chi connectivity index (χ0n) is 9.01. The molecule has 0 spiro atoms. The number of nitrogens with zero attached hydrogens (tertiary/aromatic N) is 1. The van der Waals surface area contributed by atoms with E-state index < -0.39 is 17.0 Å². The van der Waals surface area contributed by atoms with E-state index in [9.17, 15) is 9.00 Å². The van der Waals surface area contributed by atoms with E-state index in [1.54, 1.807) is 19.2 Å². The summed E-state index contributed by atoms with van der Waals surface area (Å²) in [5, 5.41) is 8.97. The first-order chi connectivity index (χ1) is 7.41. The molecule has 1 unspecified atom stereocenters. The van der Waals surface area contributed by atoms with Crippen molar-refractivity contribution in [3.8, 4) is 0 Å². The molecule has 0 saturated heterocycles. The van der Waals surface area contributed by atoms with E-state index in [0.717, 1.165) is 5.56 Å². The Morgan fingerprint density at radius 1 is 1.50 bits per heavy atom. The number of carboxylic acids is 1. The minimum Gasteiger partial charge on any atom is -0.478 e. The van der Waals surface area contributed by atoms with Gasteiger partial charge in [-0.15, -0.1) is 0 Å². The lowest BCUT2D eigenvalue weighted by atomic mass is 10.1. The van der Waals surface area contributed by atoms with Gasteiger partial charge in [-0.1, -0.05) is 6.07 Å². The van der Waals surface area contributed by atoms with Crippen LogP contribution in [0.1, 0.15) is 15.9 Å². The highest BCUT2D eigenvalue weighted by molar-refractivity contribution is 7.79. The molecule has 88 valence electrons. The third-order valence-corrected chi connectivity index (χ3v) is 2.71. The molecule has 0 bridgehead atoms. The van der Waals surface area contributed by atoms with Crippen molar-refractivity contribution >= 4 is 22.7 Å². The van der Waals surface area contributed by atoms with Gasteiger partial charge < -0.3 is 14.6 Å². The largest absolute Gasteiger partial charge is 0.478 e. The molecule has 0 aliphatic rings. The Hall–Kier alpha value is -1.40. The number of aromatic carboxylic acids is 1. The van der Waals surface area contributed by atoms with Gasteiger partial charge in [0.2, 0.25) is 0 Å². The number of benzene rings is 1. The first-order valence-corrected chi connectivity index (χ1v) is 5.82. The zero-order chi connectivity index (χ0) is 12.3. The first-order valence-electron chi connectivity index (χ1n) is 4.54. The molecule has 1 atom stereocenters. The second-order valence-corrected chi connectivity index (χ2v) is 4.38. The Morgan fingerprint density at radius 2 is 2.12 bits per heavy atom. The third-order valence-electron chi connectivity index (χ3n) is 2.10. The van der Waals surface area contributed by atoms with Crippen molar-refractivity contribution in [2.24, 2.45) is 0 Å². The molecule has 0 saturated carbocycles. The van der Waals surface area contributed by atoms with Crippen molar-refractivity contribution in [3.63, 3.8) is 0 Å². The van der Waals surface area contributed by atoms with Gasteiger partial charge >= 0.3 is 5.97 Å². The summed E-state index contributed by atoms with van der Waals surface area (Å²) in [6, 6.07) is 4.86. The molecule has 1 aromatic rings. The number of hydrogen-bond acceptors (Lipinski definition) is 3. The summed E-state index contributed by atoms with van der Waals surface area (Å²) in [5.41, 5.74) is 1.46. The lowest BCUT2D eigenvalue weighted by Crippen LogP contribution is -2.24. The molecule has 0 aromatic heterocycles. The number of hydrogen-bond donors (Lipinski definition) is 2. The molecule has 0 heterocycles. The molecule has 1 aromatic carbocycles. The fourth-order valence-electron chi connectivity index (χ4n) is 1.37. The van der Waals surface area contributed by atoms with Gasteiger partial charge in [0.05, 0.1) is 11.3 Å². The molecule has 2 N–H and O–H groups in total. The van der Waals surface area contributed by atoms with E-state index in [4.69, 9.17) is 9.66 Å². The lowest BCUT2D eigenvalue weighted by Gasteiger charge is -2.19. The van der Waals surface area contributed by atoms with Crippen LogP contribution in [0.4, 0.5) is 5.69 Å². The zero-order valence-corrected chi connectivity index (χ0v) is 9.82. The smallest absolute Gasteiger partial charge is 0.337 e. The maximum Gasteiger partial charge on any atom is 0.337 e. The highest BCUT2D eigenvalue weighted by Crippen LogP contribution is 2.21. The predicted octanol–water partition coefficient (Wildman–Crippen LogP) is 1.31. The molecule has 0 aliphatic carbocycles. The molecule has 0 amide bonds. The number of aryl methyl sites for hydroxylation is 1. The van der Waals surface area contributed by atoms with Crippen LogP contribution in [0.15, 0.2) is 18.2 Å². The van der Waals surface area contributed by atoms with Crippen LogP contribution in [0.2, 0.25) is 0 Å². The van der Waals surface area contributed by atoms with Crippen LogP contribution in [-0.4, -0.2) is 32.8 Å². The summed E-state index contributed by atoms with van der Waals surface area (Å²) in [5.74, 6) is -1.17. The first kappa shape index (κ1) is 12.7. The van der Waals surface area contributed by atoms with Gasteiger partial charge in [-0.25, -0.2) is 9.00 Å². The second kappa shape index (κ2) is 5.09. The number of rotatable bonds is 4. The summed E-state index contributed by atoms with van der Waals surface area (Å²) in [7, 11) is 1.58. The molecular weight excluding hydrogens is 230 g/mol. The highest BCUT2D eigenvalue weighted by atomic mass is 32.2. The third kappa shape index (κ3) is 3.04. The maximum atomic E-state index is 11.0. The molecule has 1 rings (SSSR count). The Kier molecular flexibility index (Phi) is 4.03. The average molecular weight is 243 g/mol. The van der Waals surface area contributed by atoms with Gasteiger partial charge in [0.15, 0.2) is 11.1 Å². The summed E-state index contributed by atoms with van der Waals surface area (Å²) in [4.78, 5) is 12.4. The Morgan fingerprint density at radius 3 is 2.62 bits per heavy atom. The monoisotopic (exact) mass is 243 g/mol. The van der Waals surface area contributed by atoms with Gasteiger partial charge in [-0.05, 0) is 24.6 Å². The molecule has 6 heteroatoms. The van der Waals surface area contributed by atoms with Crippen LogP contribution in [0, 0.1) is 6.92 Å². The Balaban J connectivity index is 3.13. The summed E-state index contributed by atoms with van der Waals surface area (Å²) >= 11 is -1.99. The maximum absolute atomic E-state index is 11.0. The minimum absolute atomic E-state index is 0.121. The van der Waals surface area contributed by atoms with E-state index in [2.05, 4.69) is 0 Å². The Bertz CT molecular complexity index is 433.